The number of anilines is 1. The van der Waals surface area contributed by atoms with Crippen LogP contribution in [0, 0.1) is 5.82 Å². The van der Waals surface area contributed by atoms with Gasteiger partial charge in [0.2, 0.25) is 0 Å². The summed E-state index contributed by atoms with van der Waals surface area (Å²) < 4.78 is 13.6. The quantitative estimate of drug-likeness (QED) is 0.829. The maximum Gasteiger partial charge on any atom is 0.129 e. The van der Waals surface area contributed by atoms with E-state index in [-0.39, 0.29) is 11.9 Å². The molecule has 18 heavy (non-hydrogen) atoms. The second-order valence-corrected chi connectivity index (χ2v) is 4.80. The molecule has 1 heterocycles. The lowest BCUT2D eigenvalue weighted by atomic mass is 10.1. The number of aromatic nitrogens is 1. The SMILES string of the molecule is Fc1cccc2c1CCC2Nc1ccc(Cl)nc1. The average molecular weight is 263 g/mol. The van der Waals surface area contributed by atoms with Crippen LogP contribution >= 0.6 is 11.6 Å². The summed E-state index contributed by atoms with van der Waals surface area (Å²) in [7, 11) is 0. The van der Waals surface area contributed by atoms with Crippen molar-refractivity contribution in [3.05, 3.63) is 58.6 Å². The second-order valence-electron chi connectivity index (χ2n) is 4.41. The van der Waals surface area contributed by atoms with E-state index in [9.17, 15) is 4.39 Å². The maximum atomic E-state index is 13.6. The van der Waals surface area contributed by atoms with Crippen LogP contribution in [0.5, 0.6) is 0 Å². The Balaban J connectivity index is 1.85. The van der Waals surface area contributed by atoms with Crippen LogP contribution in [0.4, 0.5) is 10.1 Å². The topological polar surface area (TPSA) is 24.9 Å². The predicted molar refractivity (Wildman–Crippen MR) is 70.3 cm³/mol. The van der Waals surface area contributed by atoms with Crippen LogP contribution in [-0.2, 0) is 6.42 Å². The molecule has 0 saturated heterocycles. The number of pyridine rings is 1. The summed E-state index contributed by atoms with van der Waals surface area (Å²) in [6.07, 6.45) is 3.37. The van der Waals surface area contributed by atoms with E-state index in [0.717, 1.165) is 29.7 Å². The highest BCUT2D eigenvalue weighted by Gasteiger charge is 2.24. The van der Waals surface area contributed by atoms with Crippen molar-refractivity contribution in [3.63, 3.8) is 0 Å². The van der Waals surface area contributed by atoms with Gasteiger partial charge < -0.3 is 5.32 Å². The number of halogens is 2. The van der Waals surface area contributed by atoms with E-state index in [0.29, 0.717) is 5.15 Å². The zero-order chi connectivity index (χ0) is 12.5. The van der Waals surface area contributed by atoms with Crippen molar-refractivity contribution < 1.29 is 4.39 Å². The van der Waals surface area contributed by atoms with Crippen LogP contribution in [-0.4, -0.2) is 4.98 Å². The van der Waals surface area contributed by atoms with Crippen molar-refractivity contribution in [1.82, 2.24) is 4.98 Å². The minimum absolute atomic E-state index is 0.106. The number of nitrogens with one attached hydrogen (secondary N) is 1. The first kappa shape index (κ1) is 11.5. The Morgan fingerprint density at radius 1 is 1.28 bits per heavy atom. The van der Waals surface area contributed by atoms with Crippen LogP contribution < -0.4 is 5.32 Å². The van der Waals surface area contributed by atoms with Crippen molar-refractivity contribution in [3.8, 4) is 0 Å². The molecule has 3 rings (SSSR count). The lowest BCUT2D eigenvalue weighted by molar-refractivity contribution is 0.612. The highest BCUT2D eigenvalue weighted by molar-refractivity contribution is 6.29. The summed E-state index contributed by atoms with van der Waals surface area (Å²) in [6, 6.07) is 9.03. The first-order valence-corrected chi connectivity index (χ1v) is 6.27. The van der Waals surface area contributed by atoms with Gasteiger partial charge in [0.1, 0.15) is 11.0 Å². The van der Waals surface area contributed by atoms with E-state index in [1.807, 2.05) is 12.1 Å². The van der Waals surface area contributed by atoms with E-state index in [1.54, 1.807) is 18.3 Å². The minimum Gasteiger partial charge on any atom is -0.377 e. The number of hydrogen-bond donors (Lipinski definition) is 1. The monoisotopic (exact) mass is 262 g/mol. The van der Waals surface area contributed by atoms with E-state index in [2.05, 4.69) is 10.3 Å². The third-order valence-corrected chi connectivity index (χ3v) is 3.51. The van der Waals surface area contributed by atoms with Gasteiger partial charge in [-0.15, -0.1) is 0 Å². The molecule has 1 N–H and O–H groups in total. The molecule has 0 fully saturated rings. The Hall–Kier alpha value is -1.61. The van der Waals surface area contributed by atoms with E-state index >= 15 is 0 Å². The molecule has 92 valence electrons. The summed E-state index contributed by atoms with van der Waals surface area (Å²) in [6.45, 7) is 0. The molecule has 0 bridgehead atoms. The van der Waals surface area contributed by atoms with E-state index < -0.39 is 0 Å². The fourth-order valence-corrected chi connectivity index (χ4v) is 2.53. The van der Waals surface area contributed by atoms with Crippen LogP contribution in [0.1, 0.15) is 23.6 Å². The van der Waals surface area contributed by atoms with Gasteiger partial charge in [-0.1, -0.05) is 23.7 Å². The Kier molecular flexibility index (Phi) is 2.92. The molecule has 1 unspecified atom stereocenters. The molecule has 0 spiro atoms. The Morgan fingerprint density at radius 3 is 2.94 bits per heavy atom. The minimum atomic E-state index is -0.106. The van der Waals surface area contributed by atoms with Gasteiger partial charge in [0, 0.05) is 0 Å². The number of nitrogens with zero attached hydrogens (tertiary/aromatic N) is 1. The first-order valence-electron chi connectivity index (χ1n) is 5.89. The Morgan fingerprint density at radius 2 is 2.17 bits per heavy atom. The zero-order valence-electron chi connectivity index (χ0n) is 9.66. The Bertz CT molecular complexity index is 569. The molecule has 1 aliphatic rings. The molecule has 0 radical (unpaired) electrons. The highest BCUT2D eigenvalue weighted by atomic mass is 35.5. The molecule has 0 amide bonds. The average Bonchev–Trinajstić information content (AvgIpc) is 2.77. The van der Waals surface area contributed by atoms with Gasteiger partial charge >= 0.3 is 0 Å². The molecule has 0 saturated carbocycles. The summed E-state index contributed by atoms with van der Waals surface area (Å²) in [5.74, 6) is -0.106. The van der Waals surface area contributed by atoms with Crippen LogP contribution in [0.2, 0.25) is 5.15 Å². The maximum absolute atomic E-state index is 13.6. The molecular weight excluding hydrogens is 251 g/mol. The smallest absolute Gasteiger partial charge is 0.129 e. The summed E-state index contributed by atoms with van der Waals surface area (Å²) in [5.41, 5.74) is 2.78. The van der Waals surface area contributed by atoms with Gasteiger partial charge in [-0.2, -0.15) is 0 Å². The standard InChI is InChI=1S/C14H12ClFN2/c15-14-7-4-9(8-17-14)18-13-6-5-10-11(13)2-1-3-12(10)16/h1-4,7-8,13,18H,5-6H2. The lowest BCUT2D eigenvalue weighted by Gasteiger charge is -2.15. The van der Waals surface area contributed by atoms with E-state index in [1.165, 1.54) is 6.07 Å². The molecule has 1 aromatic carbocycles. The van der Waals surface area contributed by atoms with E-state index in [4.69, 9.17) is 11.6 Å². The normalized spacial score (nSPS) is 17.6. The predicted octanol–water partition coefficient (Wildman–Crippen LogP) is 3.97. The molecule has 2 nitrogen and oxygen atoms in total. The largest absolute Gasteiger partial charge is 0.377 e. The van der Waals surface area contributed by atoms with Gasteiger partial charge in [-0.3, -0.25) is 0 Å². The fraction of sp³-hybridized carbons (Fsp3) is 0.214. The van der Waals surface area contributed by atoms with Crippen LogP contribution in [0.25, 0.3) is 0 Å². The zero-order valence-corrected chi connectivity index (χ0v) is 10.4. The van der Waals surface area contributed by atoms with Crippen molar-refractivity contribution in [2.24, 2.45) is 0 Å². The summed E-state index contributed by atoms with van der Waals surface area (Å²) >= 11 is 5.74. The van der Waals surface area contributed by atoms with Crippen molar-refractivity contribution >= 4 is 17.3 Å². The number of fused-ring (bicyclic) bond motifs is 1. The molecule has 4 heteroatoms. The number of hydrogen-bond acceptors (Lipinski definition) is 2. The molecule has 1 aliphatic carbocycles. The van der Waals surface area contributed by atoms with Crippen molar-refractivity contribution in [1.29, 1.82) is 0 Å². The van der Waals surface area contributed by atoms with Gasteiger partial charge in [0.05, 0.1) is 17.9 Å². The third-order valence-electron chi connectivity index (χ3n) is 3.28. The van der Waals surface area contributed by atoms with Gasteiger partial charge in [0.25, 0.3) is 0 Å². The highest BCUT2D eigenvalue weighted by Crippen LogP contribution is 2.35. The summed E-state index contributed by atoms with van der Waals surface area (Å²) in [4.78, 5) is 4.02. The van der Waals surface area contributed by atoms with Crippen molar-refractivity contribution in [2.45, 2.75) is 18.9 Å². The molecule has 0 aliphatic heterocycles. The second kappa shape index (κ2) is 4.58. The molecule has 1 aromatic heterocycles. The Labute approximate surface area is 110 Å². The molecular formula is C14H12ClFN2. The van der Waals surface area contributed by atoms with Gasteiger partial charge in [0.15, 0.2) is 0 Å². The van der Waals surface area contributed by atoms with Gasteiger partial charge in [-0.25, -0.2) is 9.37 Å². The molecule has 1 atom stereocenters. The van der Waals surface area contributed by atoms with Crippen molar-refractivity contribution in [2.75, 3.05) is 5.32 Å². The molecule has 2 aromatic rings. The van der Waals surface area contributed by atoms with Gasteiger partial charge in [-0.05, 0) is 42.2 Å². The fourth-order valence-electron chi connectivity index (χ4n) is 2.42. The third kappa shape index (κ3) is 2.06. The number of benzene rings is 1. The summed E-state index contributed by atoms with van der Waals surface area (Å²) in [5, 5.41) is 3.83. The number of rotatable bonds is 2. The first-order chi connectivity index (χ1) is 8.74. The van der Waals surface area contributed by atoms with Crippen LogP contribution in [0.3, 0.4) is 0 Å². The lowest BCUT2D eigenvalue weighted by Crippen LogP contribution is -2.07. The van der Waals surface area contributed by atoms with Crippen LogP contribution in [0.15, 0.2) is 36.5 Å².